The maximum Gasteiger partial charge on any atom is 0.258 e. The van der Waals surface area contributed by atoms with Crippen LogP contribution in [0.25, 0.3) is 22.8 Å². The molecule has 0 unspecified atom stereocenters. The molecule has 0 saturated carbocycles. The number of benzene rings is 2. The van der Waals surface area contributed by atoms with Gasteiger partial charge in [0.05, 0.1) is 20.3 Å². The predicted octanol–water partition coefficient (Wildman–Crippen LogP) is 3.19. The van der Waals surface area contributed by atoms with Crippen molar-refractivity contribution < 1.29 is 18.8 Å². The van der Waals surface area contributed by atoms with E-state index in [9.17, 15) is 4.79 Å². The number of methoxy groups -OCH3 is 1. The quantitative estimate of drug-likeness (QED) is 0.693. The van der Waals surface area contributed by atoms with Crippen molar-refractivity contribution >= 4 is 5.91 Å². The van der Waals surface area contributed by atoms with Gasteiger partial charge in [0.15, 0.2) is 0 Å². The zero-order valence-electron chi connectivity index (χ0n) is 15.8. The Morgan fingerprint density at radius 2 is 1.96 bits per heavy atom. The molecule has 7 heteroatoms. The topological polar surface area (TPSA) is 77.7 Å². The first-order chi connectivity index (χ1) is 13.7. The van der Waals surface area contributed by atoms with Crippen molar-refractivity contribution in [3.63, 3.8) is 0 Å². The molecular weight excluding hydrogens is 358 g/mol. The molecule has 1 saturated heterocycles. The lowest BCUT2D eigenvalue weighted by atomic mass is 10.1. The van der Waals surface area contributed by atoms with Crippen LogP contribution in [0.5, 0.6) is 5.75 Å². The molecule has 3 aromatic rings. The maximum absolute atomic E-state index is 12.7. The van der Waals surface area contributed by atoms with E-state index >= 15 is 0 Å². The Bertz CT molecular complexity index is 993. The molecular formula is C21H21N3O4. The summed E-state index contributed by atoms with van der Waals surface area (Å²) in [7, 11) is 1.63. The number of ether oxygens (including phenoxy) is 2. The van der Waals surface area contributed by atoms with E-state index in [4.69, 9.17) is 14.0 Å². The second-order valence-electron chi connectivity index (χ2n) is 6.59. The third-order valence-electron chi connectivity index (χ3n) is 4.76. The fourth-order valence-electron chi connectivity index (χ4n) is 3.19. The summed E-state index contributed by atoms with van der Waals surface area (Å²) < 4.78 is 16.0. The number of amides is 1. The van der Waals surface area contributed by atoms with Gasteiger partial charge in [-0.3, -0.25) is 4.79 Å². The van der Waals surface area contributed by atoms with Crippen LogP contribution in [0.15, 0.2) is 47.0 Å². The zero-order chi connectivity index (χ0) is 19.5. The minimum Gasteiger partial charge on any atom is -0.497 e. The van der Waals surface area contributed by atoms with Gasteiger partial charge in [-0.05, 0) is 42.8 Å². The SMILES string of the molecule is COc1ccc(-c2nc(-c3cccc(C(=O)N4CCOCC4)c3)no2)c(C)c1. The van der Waals surface area contributed by atoms with Crippen LogP contribution in [0.3, 0.4) is 0 Å². The van der Waals surface area contributed by atoms with Crippen LogP contribution < -0.4 is 4.74 Å². The minimum atomic E-state index is -0.0140. The molecule has 0 spiro atoms. The Balaban J connectivity index is 1.60. The second-order valence-corrected chi connectivity index (χ2v) is 6.59. The molecule has 4 rings (SSSR count). The van der Waals surface area contributed by atoms with Crippen LogP contribution in [-0.2, 0) is 4.74 Å². The van der Waals surface area contributed by atoms with E-state index in [0.29, 0.717) is 43.6 Å². The second kappa shape index (κ2) is 7.82. The number of hydrogen-bond acceptors (Lipinski definition) is 6. The highest BCUT2D eigenvalue weighted by molar-refractivity contribution is 5.95. The van der Waals surface area contributed by atoms with Gasteiger partial charge in [0.1, 0.15) is 5.75 Å². The number of nitrogens with zero attached hydrogens (tertiary/aromatic N) is 3. The highest BCUT2D eigenvalue weighted by Gasteiger charge is 2.20. The van der Waals surface area contributed by atoms with Crippen molar-refractivity contribution in [3.05, 3.63) is 53.6 Å². The summed E-state index contributed by atoms with van der Waals surface area (Å²) in [6.07, 6.45) is 0. The Morgan fingerprint density at radius 1 is 1.14 bits per heavy atom. The normalized spacial score (nSPS) is 14.1. The van der Waals surface area contributed by atoms with Gasteiger partial charge in [-0.1, -0.05) is 17.3 Å². The summed E-state index contributed by atoms with van der Waals surface area (Å²) >= 11 is 0. The monoisotopic (exact) mass is 379 g/mol. The Kier molecular flexibility index (Phi) is 5.08. The molecule has 1 aliphatic heterocycles. The number of morpholine rings is 1. The number of aryl methyl sites for hydroxylation is 1. The molecule has 28 heavy (non-hydrogen) atoms. The number of carbonyl (C=O) groups is 1. The number of rotatable bonds is 4. The molecule has 1 aliphatic rings. The molecule has 2 heterocycles. The van der Waals surface area contributed by atoms with Crippen molar-refractivity contribution in [2.45, 2.75) is 6.92 Å². The van der Waals surface area contributed by atoms with Gasteiger partial charge in [-0.25, -0.2) is 0 Å². The average molecular weight is 379 g/mol. The number of aromatic nitrogens is 2. The predicted molar refractivity (Wildman–Crippen MR) is 103 cm³/mol. The summed E-state index contributed by atoms with van der Waals surface area (Å²) in [6, 6.07) is 13.0. The Hall–Kier alpha value is -3.19. The first kappa shape index (κ1) is 18.2. The van der Waals surface area contributed by atoms with E-state index in [1.54, 1.807) is 24.1 Å². The van der Waals surface area contributed by atoms with Gasteiger partial charge in [-0.15, -0.1) is 0 Å². The van der Waals surface area contributed by atoms with Crippen LogP contribution in [-0.4, -0.2) is 54.4 Å². The lowest BCUT2D eigenvalue weighted by Crippen LogP contribution is -2.40. The van der Waals surface area contributed by atoms with Crippen molar-refractivity contribution in [1.82, 2.24) is 15.0 Å². The van der Waals surface area contributed by atoms with Crippen LogP contribution in [0.4, 0.5) is 0 Å². The van der Waals surface area contributed by atoms with Crippen LogP contribution in [0.2, 0.25) is 0 Å². The van der Waals surface area contributed by atoms with Crippen molar-refractivity contribution in [2.75, 3.05) is 33.4 Å². The Labute approximate surface area is 162 Å². The van der Waals surface area contributed by atoms with Gasteiger partial charge < -0.3 is 18.9 Å². The van der Waals surface area contributed by atoms with E-state index < -0.39 is 0 Å². The third-order valence-corrected chi connectivity index (χ3v) is 4.76. The number of carbonyl (C=O) groups excluding carboxylic acids is 1. The Morgan fingerprint density at radius 3 is 2.71 bits per heavy atom. The van der Waals surface area contributed by atoms with E-state index in [1.165, 1.54) is 0 Å². The molecule has 7 nitrogen and oxygen atoms in total. The van der Waals surface area contributed by atoms with Crippen molar-refractivity contribution in [2.24, 2.45) is 0 Å². The van der Waals surface area contributed by atoms with Crippen LogP contribution in [0.1, 0.15) is 15.9 Å². The first-order valence-electron chi connectivity index (χ1n) is 9.12. The highest BCUT2D eigenvalue weighted by atomic mass is 16.5. The number of hydrogen-bond donors (Lipinski definition) is 0. The van der Waals surface area contributed by atoms with E-state index in [-0.39, 0.29) is 5.91 Å². The van der Waals surface area contributed by atoms with Gasteiger partial charge in [0, 0.05) is 29.8 Å². The lowest BCUT2D eigenvalue weighted by Gasteiger charge is -2.26. The van der Waals surface area contributed by atoms with Crippen LogP contribution in [0, 0.1) is 6.92 Å². The molecule has 1 fully saturated rings. The standard InChI is InChI=1S/C21H21N3O4/c1-14-12-17(26-2)6-7-18(14)20-22-19(23-28-20)15-4-3-5-16(13-15)21(25)24-8-10-27-11-9-24/h3-7,12-13H,8-11H2,1-2H3. The van der Waals surface area contributed by atoms with E-state index in [2.05, 4.69) is 10.1 Å². The zero-order valence-corrected chi connectivity index (χ0v) is 15.8. The first-order valence-corrected chi connectivity index (χ1v) is 9.12. The molecule has 0 aliphatic carbocycles. The summed E-state index contributed by atoms with van der Waals surface area (Å²) in [4.78, 5) is 19.0. The maximum atomic E-state index is 12.7. The molecule has 2 aromatic carbocycles. The summed E-state index contributed by atoms with van der Waals surface area (Å²) in [5.74, 6) is 1.64. The molecule has 0 atom stereocenters. The van der Waals surface area contributed by atoms with Gasteiger partial charge in [0.25, 0.3) is 11.8 Å². The third kappa shape index (κ3) is 3.61. The van der Waals surface area contributed by atoms with Crippen molar-refractivity contribution in [3.8, 4) is 28.6 Å². The van der Waals surface area contributed by atoms with Crippen LogP contribution >= 0.6 is 0 Å². The highest BCUT2D eigenvalue weighted by Crippen LogP contribution is 2.28. The van der Waals surface area contributed by atoms with E-state index in [1.807, 2.05) is 37.3 Å². The summed E-state index contributed by atoms with van der Waals surface area (Å²) in [6.45, 7) is 4.31. The molecule has 0 radical (unpaired) electrons. The largest absolute Gasteiger partial charge is 0.497 e. The summed E-state index contributed by atoms with van der Waals surface area (Å²) in [5, 5.41) is 4.10. The molecule has 0 N–H and O–H groups in total. The molecule has 0 bridgehead atoms. The molecule has 1 aromatic heterocycles. The fourth-order valence-corrected chi connectivity index (χ4v) is 3.19. The smallest absolute Gasteiger partial charge is 0.258 e. The molecule has 1 amide bonds. The van der Waals surface area contributed by atoms with E-state index in [0.717, 1.165) is 22.4 Å². The molecule has 144 valence electrons. The van der Waals surface area contributed by atoms with Gasteiger partial charge in [-0.2, -0.15) is 4.98 Å². The van der Waals surface area contributed by atoms with Crippen molar-refractivity contribution in [1.29, 1.82) is 0 Å². The van der Waals surface area contributed by atoms with Gasteiger partial charge in [0.2, 0.25) is 5.82 Å². The minimum absolute atomic E-state index is 0.0140. The van der Waals surface area contributed by atoms with Gasteiger partial charge >= 0.3 is 0 Å². The fraction of sp³-hybridized carbons (Fsp3) is 0.286. The lowest BCUT2D eigenvalue weighted by molar-refractivity contribution is 0.0303. The summed E-state index contributed by atoms with van der Waals surface area (Å²) in [5.41, 5.74) is 3.16. The average Bonchev–Trinajstić information content (AvgIpc) is 3.24.